The molecule has 0 unspecified atom stereocenters. The van der Waals surface area contributed by atoms with E-state index in [2.05, 4.69) is 4.98 Å². The van der Waals surface area contributed by atoms with E-state index in [1.807, 2.05) is 32.0 Å². The number of benzene rings is 2. The molecule has 0 saturated carbocycles. The van der Waals surface area contributed by atoms with E-state index < -0.39 is 17.7 Å². The molecule has 0 atom stereocenters. The molecule has 0 aliphatic heterocycles. The lowest BCUT2D eigenvalue weighted by Gasteiger charge is -2.11. The molecule has 174 valence electrons. The minimum absolute atomic E-state index is 0.107. The van der Waals surface area contributed by atoms with E-state index in [1.165, 1.54) is 24.5 Å². The van der Waals surface area contributed by atoms with Gasteiger partial charge in [0.1, 0.15) is 24.3 Å². The van der Waals surface area contributed by atoms with Crippen molar-refractivity contribution < 1.29 is 31.9 Å². The van der Waals surface area contributed by atoms with E-state index in [1.54, 1.807) is 6.92 Å². The Morgan fingerprint density at radius 3 is 2.48 bits per heavy atom. The summed E-state index contributed by atoms with van der Waals surface area (Å²) in [5.41, 5.74) is 2.82. The van der Waals surface area contributed by atoms with Crippen molar-refractivity contribution in [2.45, 2.75) is 40.0 Å². The molecule has 0 fully saturated rings. The van der Waals surface area contributed by atoms with Crippen LogP contribution in [0, 0.1) is 6.92 Å². The van der Waals surface area contributed by atoms with Gasteiger partial charge in [0, 0.05) is 11.6 Å². The molecule has 1 aromatic heterocycles. The second-order valence-corrected chi connectivity index (χ2v) is 7.32. The molecular formula is C25H24F3NO4. The molecule has 8 heteroatoms. The number of halogens is 3. The molecule has 0 aliphatic rings. The zero-order valence-electron chi connectivity index (χ0n) is 18.5. The van der Waals surface area contributed by atoms with Gasteiger partial charge in [0.15, 0.2) is 0 Å². The molecular weight excluding hydrogens is 435 g/mol. The molecule has 3 aromatic rings. The number of nitrogens with zero attached hydrogens (tertiary/aromatic N) is 1. The van der Waals surface area contributed by atoms with Crippen molar-refractivity contribution in [2.75, 3.05) is 6.61 Å². The predicted molar refractivity (Wildman–Crippen MR) is 117 cm³/mol. The number of alkyl halides is 3. The van der Waals surface area contributed by atoms with Crippen LogP contribution in [0.1, 0.15) is 42.7 Å². The van der Waals surface area contributed by atoms with Gasteiger partial charge in [0.2, 0.25) is 5.89 Å². The quantitative estimate of drug-likeness (QED) is 0.280. The first-order chi connectivity index (χ1) is 15.7. The summed E-state index contributed by atoms with van der Waals surface area (Å²) in [5, 5.41) is 0. The minimum atomic E-state index is -4.40. The first-order valence-corrected chi connectivity index (χ1v) is 10.4. The summed E-state index contributed by atoms with van der Waals surface area (Å²) in [6, 6.07) is 10.2. The maximum Gasteiger partial charge on any atom is 0.416 e. The average molecular weight is 459 g/mol. The molecule has 2 aromatic carbocycles. The lowest BCUT2D eigenvalue weighted by Crippen LogP contribution is -2.04. The van der Waals surface area contributed by atoms with Gasteiger partial charge in [0.25, 0.3) is 0 Å². The van der Waals surface area contributed by atoms with Crippen LogP contribution in [0.15, 0.2) is 59.2 Å². The Bertz CT molecular complexity index is 1130. The maximum atomic E-state index is 12.7. The van der Waals surface area contributed by atoms with Crippen molar-refractivity contribution >= 4 is 11.5 Å². The van der Waals surface area contributed by atoms with Crippen molar-refractivity contribution in [3.8, 4) is 17.2 Å². The molecule has 0 amide bonds. The van der Waals surface area contributed by atoms with Crippen molar-refractivity contribution in [3.05, 3.63) is 77.2 Å². The summed E-state index contributed by atoms with van der Waals surface area (Å²) in [6.07, 6.45) is -0.872. The van der Waals surface area contributed by atoms with Gasteiger partial charge >= 0.3 is 12.1 Å². The number of allylic oxidation sites excluding steroid dienone is 1. The number of oxazole rings is 1. The number of aromatic nitrogens is 1. The SMILES string of the molecule is CCOC(=O)C=C(CC)c1cc(C)cc(OCc2coc(-c3ccc(C(F)(F)F)cc3)n2)c1. The van der Waals surface area contributed by atoms with E-state index in [0.29, 0.717) is 30.0 Å². The normalized spacial score (nSPS) is 12.0. The molecule has 1 heterocycles. The molecule has 0 spiro atoms. The molecule has 33 heavy (non-hydrogen) atoms. The number of carbonyl (C=O) groups is 1. The Kier molecular flexibility index (Phi) is 7.58. The topological polar surface area (TPSA) is 61.6 Å². The lowest BCUT2D eigenvalue weighted by molar-refractivity contribution is -0.138. The van der Waals surface area contributed by atoms with Crippen molar-refractivity contribution in [2.24, 2.45) is 0 Å². The fourth-order valence-electron chi connectivity index (χ4n) is 3.20. The molecule has 0 saturated heterocycles. The number of hydrogen-bond acceptors (Lipinski definition) is 5. The Labute approximate surface area is 189 Å². The van der Waals surface area contributed by atoms with Gasteiger partial charge in [-0.15, -0.1) is 0 Å². The van der Waals surface area contributed by atoms with E-state index in [9.17, 15) is 18.0 Å². The summed E-state index contributed by atoms with van der Waals surface area (Å²) in [7, 11) is 0. The Balaban J connectivity index is 1.72. The largest absolute Gasteiger partial charge is 0.487 e. The number of rotatable bonds is 8. The van der Waals surface area contributed by atoms with Crippen molar-refractivity contribution in [1.82, 2.24) is 4.98 Å². The zero-order valence-corrected chi connectivity index (χ0v) is 18.5. The third-order valence-corrected chi connectivity index (χ3v) is 4.78. The number of ether oxygens (including phenoxy) is 2. The van der Waals surface area contributed by atoms with Crippen LogP contribution in [-0.2, 0) is 22.3 Å². The Hall–Kier alpha value is -3.55. The van der Waals surface area contributed by atoms with E-state index in [-0.39, 0.29) is 12.5 Å². The third kappa shape index (κ3) is 6.47. The standard InChI is InChI=1S/C25H24F3NO4/c1-4-17(13-23(30)31-5-2)19-10-16(3)11-22(12-19)32-14-21-15-33-24(29-21)18-6-8-20(9-7-18)25(26,27)28/h6-13,15H,4-5,14H2,1-3H3. The van der Waals surface area contributed by atoms with Crippen LogP contribution < -0.4 is 4.74 Å². The van der Waals surface area contributed by atoms with Crippen LogP contribution in [0.25, 0.3) is 17.0 Å². The van der Waals surface area contributed by atoms with Gasteiger partial charge in [-0.2, -0.15) is 13.2 Å². The highest BCUT2D eigenvalue weighted by Gasteiger charge is 2.30. The average Bonchev–Trinajstić information content (AvgIpc) is 3.24. The molecule has 0 aliphatic carbocycles. The number of aryl methyl sites for hydroxylation is 1. The molecule has 0 radical (unpaired) electrons. The Morgan fingerprint density at radius 1 is 1.12 bits per heavy atom. The van der Waals surface area contributed by atoms with Gasteiger partial charge in [0.05, 0.1) is 12.2 Å². The van der Waals surface area contributed by atoms with Gasteiger partial charge < -0.3 is 13.9 Å². The van der Waals surface area contributed by atoms with Crippen LogP contribution in [0.5, 0.6) is 5.75 Å². The van der Waals surface area contributed by atoms with Gasteiger partial charge in [-0.25, -0.2) is 9.78 Å². The lowest BCUT2D eigenvalue weighted by atomic mass is 10.0. The van der Waals surface area contributed by atoms with Crippen LogP contribution in [0.2, 0.25) is 0 Å². The van der Waals surface area contributed by atoms with Gasteiger partial charge in [-0.05, 0) is 73.4 Å². The highest BCUT2D eigenvalue weighted by atomic mass is 19.4. The van der Waals surface area contributed by atoms with Crippen LogP contribution in [0.3, 0.4) is 0 Å². The van der Waals surface area contributed by atoms with Crippen molar-refractivity contribution in [1.29, 1.82) is 0 Å². The fourth-order valence-corrected chi connectivity index (χ4v) is 3.20. The highest BCUT2D eigenvalue weighted by Crippen LogP contribution is 2.31. The molecule has 0 N–H and O–H groups in total. The smallest absolute Gasteiger partial charge is 0.416 e. The summed E-state index contributed by atoms with van der Waals surface area (Å²) in [5.74, 6) is 0.405. The Morgan fingerprint density at radius 2 is 1.85 bits per heavy atom. The summed E-state index contributed by atoms with van der Waals surface area (Å²) >= 11 is 0. The highest BCUT2D eigenvalue weighted by molar-refractivity contribution is 5.91. The van der Waals surface area contributed by atoms with E-state index in [4.69, 9.17) is 13.9 Å². The fraction of sp³-hybridized carbons (Fsp3) is 0.280. The second-order valence-electron chi connectivity index (χ2n) is 7.32. The van der Waals surface area contributed by atoms with E-state index >= 15 is 0 Å². The molecule has 5 nitrogen and oxygen atoms in total. The van der Waals surface area contributed by atoms with Crippen molar-refractivity contribution in [3.63, 3.8) is 0 Å². The molecule has 0 bridgehead atoms. The number of esters is 1. The summed E-state index contributed by atoms with van der Waals surface area (Å²) < 4.78 is 54.5. The first-order valence-electron chi connectivity index (χ1n) is 10.4. The van der Waals surface area contributed by atoms with Gasteiger partial charge in [-0.1, -0.05) is 13.0 Å². The van der Waals surface area contributed by atoms with E-state index in [0.717, 1.165) is 28.8 Å². The summed E-state index contributed by atoms with van der Waals surface area (Å²) in [6.45, 7) is 6.04. The maximum absolute atomic E-state index is 12.7. The minimum Gasteiger partial charge on any atom is -0.487 e. The van der Waals surface area contributed by atoms with Crippen LogP contribution >= 0.6 is 0 Å². The number of carbonyl (C=O) groups excluding carboxylic acids is 1. The van der Waals surface area contributed by atoms with Crippen LogP contribution in [0.4, 0.5) is 13.2 Å². The molecule has 3 rings (SSSR count). The monoisotopic (exact) mass is 459 g/mol. The summed E-state index contributed by atoms with van der Waals surface area (Å²) in [4.78, 5) is 16.1. The number of hydrogen-bond donors (Lipinski definition) is 0. The first kappa shape index (κ1) is 24.1. The van der Waals surface area contributed by atoms with Crippen LogP contribution in [-0.4, -0.2) is 17.6 Å². The van der Waals surface area contributed by atoms with Gasteiger partial charge in [-0.3, -0.25) is 0 Å². The second kappa shape index (κ2) is 10.4. The third-order valence-electron chi connectivity index (χ3n) is 4.78. The predicted octanol–water partition coefficient (Wildman–Crippen LogP) is 6.60. The zero-order chi connectivity index (χ0) is 24.0.